The molecular formula is C18H22N6O4. The summed E-state index contributed by atoms with van der Waals surface area (Å²) in [4.78, 5) is 47.4. The van der Waals surface area contributed by atoms with Crippen molar-refractivity contribution < 1.29 is 10.0 Å². The lowest BCUT2D eigenvalue weighted by atomic mass is 10.1. The first-order valence-corrected chi connectivity index (χ1v) is 8.96. The molecule has 0 saturated heterocycles. The van der Waals surface area contributed by atoms with Crippen molar-refractivity contribution in [3.63, 3.8) is 0 Å². The van der Waals surface area contributed by atoms with Crippen molar-refractivity contribution in [1.82, 2.24) is 30.3 Å². The third-order valence-corrected chi connectivity index (χ3v) is 4.59. The monoisotopic (exact) mass is 386 g/mol. The number of rotatable bonds is 7. The van der Waals surface area contributed by atoms with Crippen LogP contribution in [0.5, 0.6) is 0 Å². The van der Waals surface area contributed by atoms with Crippen LogP contribution in [0.2, 0.25) is 0 Å². The number of aryl methyl sites for hydroxylation is 2. The van der Waals surface area contributed by atoms with Gasteiger partial charge in [-0.25, -0.2) is 20.2 Å². The average Bonchev–Trinajstić information content (AvgIpc) is 2.66. The molecule has 0 unspecified atom stereocenters. The van der Waals surface area contributed by atoms with E-state index in [0.717, 1.165) is 15.7 Å². The van der Waals surface area contributed by atoms with Crippen molar-refractivity contribution in [1.29, 1.82) is 0 Å². The number of hydrogen-bond acceptors (Lipinski definition) is 7. The lowest BCUT2D eigenvalue weighted by molar-refractivity contribution is -0.129. The van der Waals surface area contributed by atoms with E-state index in [2.05, 4.69) is 20.3 Å². The van der Waals surface area contributed by atoms with Gasteiger partial charge in [0.2, 0.25) is 5.91 Å². The van der Waals surface area contributed by atoms with E-state index >= 15 is 0 Å². The van der Waals surface area contributed by atoms with Gasteiger partial charge in [-0.2, -0.15) is 0 Å². The zero-order valence-corrected chi connectivity index (χ0v) is 15.7. The quantitative estimate of drug-likeness (QED) is 0.196. The predicted octanol–water partition coefficient (Wildman–Crippen LogP) is 0.125. The Labute approximate surface area is 159 Å². The summed E-state index contributed by atoms with van der Waals surface area (Å²) in [6.07, 6.45) is 0.702. The van der Waals surface area contributed by atoms with Crippen molar-refractivity contribution in [2.24, 2.45) is 0 Å². The molecule has 0 spiro atoms. The second-order valence-corrected chi connectivity index (χ2v) is 6.62. The lowest BCUT2D eigenvalue weighted by Gasteiger charge is -2.08. The molecule has 4 N–H and O–H groups in total. The Morgan fingerprint density at radius 2 is 1.82 bits per heavy atom. The van der Waals surface area contributed by atoms with Gasteiger partial charge in [-0.15, -0.1) is 0 Å². The molecule has 28 heavy (non-hydrogen) atoms. The highest BCUT2D eigenvalue weighted by Gasteiger charge is 2.12. The highest BCUT2D eigenvalue weighted by molar-refractivity contribution is 5.84. The molecule has 2 heterocycles. The van der Waals surface area contributed by atoms with Crippen LogP contribution in [0.3, 0.4) is 0 Å². The number of nitrogens with zero attached hydrogens (tertiary/aromatic N) is 3. The Hall–Kier alpha value is -3.11. The summed E-state index contributed by atoms with van der Waals surface area (Å²) >= 11 is 0. The molecule has 0 saturated carbocycles. The Bertz CT molecular complexity index is 1150. The molecule has 0 aliphatic heterocycles. The van der Waals surface area contributed by atoms with Crippen LogP contribution < -0.4 is 22.0 Å². The molecule has 2 aromatic heterocycles. The van der Waals surface area contributed by atoms with Crippen molar-refractivity contribution in [3.8, 4) is 0 Å². The molecule has 0 fully saturated rings. The van der Waals surface area contributed by atoms with Crippen LogP contribution in [0.1, 0.15) is 24.0 Å². The summed E-state index contributed by atoms with van der Waals surface area (Å²) in [5.41, 5.74) is 4.14. The fourth-order valence-corrected chi connectivity index (χ4v) is 2.89. The van der Waals surface area contributed by atoms with Crippen LogP contribution >= 0.6 is 0 Å². The van der Waals surface area contributed by atoms with Crippen molar-refractivity contribution >= 4 is 28.1 Å². The van der Waals surface area contributed by atoms with E-state index < -0.39 is 17.2 Å². The molecule has 0 aliphatic rings. The third-order valence-electron chi connectivity index (χ3n) is 4.59. The summed E-state index contributed by atoms with van der Waals surface area (Å²) < 4.78 is 1.08. The van der Waals surface area contributed by atoms with Gasteiger partial charge in [0, 0.05) is 19.5 Å². The number of aromatic nitrogens is 4. The molecule has 3 aromatic rings. The maximum Gasteiger partial charge on any atom is 0.330 e. The van der Waals surface area contributed by atoms with E-state index in [-0.39, 0.29) is 24.1 Å². The van der Waals surface area contributed by atoms with Gasteiger partial charge < -0.3 is 5.32 Å². The second kappa shape index (κ2) is 8.28. The molecule has 1 amide bonds. The molecule has 1 aromatic carbocycles. The van der Waals surface area contributed by atoms with Gasteiger partial charge in [-0.3, -0.25) is 24.3 Å². The smallest absolute Gasteiger partial charge is 0.315 e. The van der Waals surface area contributed by atoms with Crippen molar-refractivity contribution in [2.75, 3.05) is 13.1 Å². The highest BCUT2D eigenvalue weighted by Crippen LogP contribution is 2.17. The Kier molecular flexibility index (Phi) is 5.81. The maximum absolute atomic E-state index is 12.7. The van der Waals surface area contributed by atoms with Crippen LogP contribution in [0.25, 0.3) is 22.2 Å². The maximum atomic E-state index is 12.7. The van der Waals surface area contributed by atoms with Gasteiger partial charge in [0.1, 0.15) is 0 Å². The number of fused-ring (bicyclic) bond motifs is 2. The second-order valence-electron chi connectivity index (χ2n) is 6.62. The summed E-state index contributed by atoms with van der Waals surface area (Å²) in [5.74, 6) is -0.458. The molecule has 10 heteroatoms. The Balaban J connectivity index is 1.80. The average molecular weight is 386 g/mol. The number of benzene rings is 1. The zero-order valence-electron chi connectivity index (χ0n) is 15.7. The van der Waals surface area contributed by atoms with Gasteiger partial charge >= 0.3 is 5.69 Å². The standard InChI is InChI=1S/C18H22N6O4/c1-10-8-12-13(9-11(10)2)21-16-15(20-12)17(26)24(18(27)22-16)7-6-19-5-3-4-14(25)23-28/h8-9,19,28H,3-7H2,1-2H3,(H,23,25)(H,21,22,27). The van der Waals surface area contributed by atoms with E-state index in [4.69, 9.17) is 5.21 Å². The molecule has 0 radical (unpaired) electrons. The van der Waals surface area contributed by atoms with E-state index in [0.29, 0.717) is 30.5 Å². The van der Waals surface area contributed by atoms with Crippen LogP contribution in [0.4, 0.5) is 0 Å². The minimum Gasteiger partial charge on any atom is -0.315 e. The largest absolute Gasteiger partial charge is 0.330 e. The fourth-order valence-electron chi connectivity index (χ4n) is 2.89. The molecule has 0 aliphatic carbocycles. The van der Waals surface area contributed by atoms with E-state index in [1.165, 1.54) is 0 Å². The van der Waals surface area contributed by atoms with Gasteiger partial charge in [0.05, 0.1) is 11.0 Å². The van der Waals surface area contributed by atoms with Crippen molar-refractivity contribution in [2.45, 2.75) is 33.2 Å². The molecule has 0 atom stereocenters. The van der Waals surface area contributed by atoms with E-state index in [1.54, 1.807) is 5.48 Å². The Morgan fingerprint density at radius 3 is 2.50 bits per heavy atom. The normalized spacial score (nSPS) is 11.2. The minimum absolute atomic E-state index is 0.120. The molecule has 0 bridgehead atoms. The summed E-state index contributed by atoms with van der Waals surface area (Å²) in [6.45, 7) is 4.96. The lowest BCUT2D eigenvalue weighted by Crippen LogP contribution is -2.38. The first-order chi connectivity index (χ1) is 13.4. The van der Waals surface area contributed by atoms with Crippen molar-refractivity contribution in [3.05, 3.63) is 44.1 Å². The van der Waals surface area contributed by atoms with E-state index in [9.17, 15) is 14.4 Å². The third kappa shape index (κ3) is 4.07. The fraction of sp³-hybridized carbons (Fsp3) is 0.389. The molecule has 3 rings (SSSR count). The Morgan fingerprint density at radius 1 is 1.14 bits per heavy atom. The number of amides is 1. The predicted molar refractivity (Wildman–Crippen MR) is 103 cm³/mol. The highest BCUT2D eigenvalue weighted by atomic mass is 16.5. The summed E-state index contributed by atoms with van der Waals surface area (Å²) in [7, 11) is 0. The number of aromatic amines is 1. The van der Waals surface area contributed by atoms with Crippen LogP contribution in [0.15, 0.2) is 21.7 Å². The van der Waals surface area contributed by atoms with Gasteiger partial charge in [-0.05, 0) is 50.1 Å². The van der Waals surface area contributed by atoms with Gasteiger partial charge in [-0.1, -0.05) is 0 Å². The number of carbonyl (C=O) groups is 1. The molecule has 10 nitrogen and oxygen atoms in total. The number of H-pyrrole nitrogens is 1. The first kappa shape index (κ1) is 19.6. The topological polar surface area (TPSA) is 142 Å². The minimum atomic E-state index is -0.545. The number of carbonyl (C=O) groups excluding carboxylic acids is 1. The number of hydrogen-bond donors (Lipinski definition) is 4. The molecule has 148 valence electrons. The van der Waals surface area contributed by atoms with Gasteiger partial charge in [0.15, 0.2) is 11.2 Å². The van der Waals surface area contributed by atoms with Gasteiger partial charge in [0.25, 0.3) is 5.56 Å². The van der Waals surface area contributed by atoms with Crippen LogP contribution in [-0.4, -0.2) is 43.7 Å². The summed E-state index contributed by atoms with van der Waals surface area (Å²) in [6, 6.07) is 3.75. The van der Waals surface area contributed by atoms with Crippen LogP contribution in [-0.2, 0) is 11.3 Å². The van der Waals surface area contributed by atoms with E-state index in [1.807, 2.05) is 26.0 Å². The zero-order chi connectivity index (χ0) is 20.3. The number of nitrogens with one attached hydrogen (secondary N) is 3. The SMILES string of the molecule is Cc1cc2nc3[nH]c(=O)n(CCNCCCC(=O)NO)c(=O)c3nc2cc1C. The van der Waals surface area contributed by atoms with Crippen LogP contribution in [0, 0.1) is 13.8 Å². The number of hydroxylamine groups is 1. The first-order valence-electron chi connectivity index (χ1n) is 8.96. The summed E-state index contributed by atoms with van der Waals surface area (Å²) in [5, 5.41) is 11.5. The molecular weight excluding hydrogens is 364 g/mol.